The van der Waals surface area contributed by atoms with Gasteiger partial charge in [-0.1, -0.05) is 60.5 Å². The van der Waals surface area contributed by atoms with Crippen LogP contribution in [-0.4, -0.2) is 5.91 Å². The van der Waals surface area contributed by atoms with Crippen molar-refractivity contribution >= 4 is 17.5 Å². The van der Waals surface area contributed by atoms with E-state index in [0.717, 1.165) is 17.5 Å². The first-order valence-electron chi connectivity index (χ1n) is 7.19. The van der Waals surface area contributed by atoms with Gasteiger partial charge in [-0.3, -0.25) is 4.79 Å². The van der Waals surface area contributed by atoms with E-state index in [4.69, 9.17) is 11.6 Å². The van der Waals surface area contributed by atoms with Crippen molar-refractivity contribution in [3.05, 3.63) is 70.2 Å². The summed E-state index contributed by atoms with van der Waals surface area (Å²) in [5.41, 5.74) is 3.34. The fourth-order valence-electron chi connectivity index (χ4n) is 2.25. The minimum Gasteiger partial charge on any atom is -0.349 e. The van der Waals surface area contributed by atoms with Crippen LogP contribution in [-0.2, 0) is 11.2 Å². The van der Waals surface area contributed by atoms with Gasteiger partial charge in [0.1, 0.15) is 0 Å². The van der Waals surface area contributed by atoms with E-state index in [0.29, 0.717) is 11.4 Å². The van der Waals surface area contributed by atoms with Crippen LogP contribution in [0, 0.1) is 6.92 Å². The average Bonchev–Trinajstić information content (AvgIpc) is 2.48. The van der Waals surface area contributed by atoms with Crippen LogP contribution < -0.4 is 5.32 Å². The molecule has 3 heteroatoms. The van der Waals surface area contributed by atoms with Crippen molar-refractivity contribution in [2.45, 2.75) is 32.7 Å². The number of carbonyl (C=O) groups is 1. The van der Waals surface area contributed by atoms with Crippen LogP contribution >= 0.6 is 11.6 Å². The van der Waals surface area contributed by atoms with E-state index in [9.17, 15) is 4.79 Å². The van der Waals surface area contributed by atoms with Gasteiger partial charge in [-0.25, -0.2) is 0 Å². The zero-order valence-electron chi connectivity index (χ0n) is 12.4. The summed E-state index contributed by atoms with van der Waals surface area (Å²) >= 11 is 5.85. The highest BCUT2D eigenvalue weighted by atomic mass is 35.5. The third-order valence-electron chi connectivity index (χ3n) is 3.50. The molecule has 0 fully saturated rings. The van der Waals surface area contributed by atoms with Crippen molar-refractivity contribution in [3.63, 3.8) is 0 Å². The summed E-state index contributed by atoms with van der Waals surface area (Å²) in [6.45, 7) is 4.14. The quantitative estimate of drug-likeness (QED) is 0.868. The first kappa shape index (κ1) is 15.6. The van der Waals surface area contributed by atoms with E-state index in [-0.39, 0.29) is 11.9 Å². The fourth-order valence-corrected chi connectivity index (χ4v) is 2.38. The molecule has 0 aromatic heterocycles. The molecule has 0 radical (unpaired) electrons. The second-order valence-electron chi connectivity index (χ2n) is 5.24. The smallest absolute Gasteiger partial charge is 0.224 e. The number of carbonyl (C=O) groups excluding carboxylic acids is 1. The lowest BCUT2D eigenvalue weighted by Gasteiger charge is -2.18. The lowest BCUT2D eigenvalue weighted by atomic mass is 10.0. The standard InChI is InChI=1S/C18H20ClNO/c1-3-17(15-8-4-13(2)5-9-15)20-18(21)12-14-6-10-16(19)11-7-14/h4-11,17H,3,12H2,1-2H3,(H,20,21)/t17-/m0/s1. The Morgan fingerprint density at radius 3 is 2.29 bits per heavy atom. The predicted molar refractivity (Wildman–Crippen MR) is 87.5 cm³/mol. The number of benzene rings is 2. The van der Waals surface area contributed by atoms with Gasteiger partial charge >= 0.3 is 0 Å². The molecule has 0 aliphatic rings. The van der Waals surface area contributed by atoms with Gasteiger partial charge in [0.05, 0.1) is 12.5 Å². The molecule has 1 atom stereocenters. The summed E-state index contributed by atoms with van der Waals surface area (Å²) in [4.78, 5) is 12.2. The van der Waals surface area contributed by atoms with Crippen LogP contribution in [0.1, 0.15) is 36.1 Å². The number of nitrogens with one attached hydrogen (secondary N) is 1. The zero-order chi connectivity index (χ0) is 15.2. The lowest BCUT2D eigenvalue weighted by molar-refractivity contribution is -0.121. The molecule has 0 spiro atoms. The van der Waals surface area contributed by atoms with Crippen LogP contribution in [0.2, 0.25) is 5.02 Å². The van der Waals surface area contributed by atoms with E-state index in [1.165, 1.54) is 5.56 Å². The number of hydrogen-bond donors (Lipinski definition) is 1. The monoisotopic (exact) mass is 301 g/mol. The van der Waals surface area contributed by atoms with E-state index in [2.05, 4.69) is 43.4 Å². The van der Waals surface area contributed by atoms with E-state index < -0.39 is 0 Å². The van der Waals surface area contributed by atoms with Crippen molar-refractivity contribution in [2.75, 3.05) is 0 Å². The maximum atomic E-state index is 12.2. The minimum absolute atomic E-state index is 0.0322. The normalized spacial score (nSPS) is 12.0. The summed E-state index contributed by atoms with van der Waals surface area (Å²) in [5, 5.41) is 3.78. The molecule has 0 saturated carbocycles. The van der Waals surface area contributed by atoms with Gasteiger partial charge in [0.25, 0.3) is 0 Å². The summed E-state index contributed by atoms with van der Waals surface area (Å²) < 4.78 is 0. The highest BCUT2D eigenvalue weighted by molar-refractivity contribution is 6.30. The molecule has 2 aromatic carbocycles. The van der Waals surface area contributed by atoms with Gasteiger partial charge in [-0.2, -0.15) is 0 Å². The van der Waals surface area contributed by atoms with E-state index >= 15 is 0 Å². The van der Waals surface area contributed by atoms with E-state index in [1.807, 2.05) is 12.1 Å². The Hall–Kier alpha value is -1.80. The Balaban J connectivity index is 1.99. The predicted octanol–water partition coefficient (Wildman–Crippen LogP) is 4.46. The fraction of sp³-hybridized carbons (Fsp3) is 0.278. The number of rotatable bonds is 5. The molecule has 0 saturated heterocycles. The molecular formula is C18H20ClNO. The maximum absolute atomic E-state index is 12.2. The van der Waals surface area contributed by atoms with Crippen molar-refractivity contribution in [2.24, 2.45) is 0 Å². The first-order valence-corrected chi connectivity index (χ1v) is 7.56. The van der Waals surface area contributed by atoms with Gasteiger partial charge in [0.15, 0.2) is 0 Å². The molecule has 0 heterocycles. The lowest BCUT2D eigenvalue weighted by Crippen LogP contribution is -2.29. The Bertz CT molecular complexity index is 590. The molecule has 1 amide bonds. The van der Waals surface area contributed by atoms with Crippen LogP contribution in [0.4, 0.5) is 0 Å². The molecule has 0 aliphatic heterocycles. The number of amides is 1. The average molecular weight is 302 g/mol. The first-order chi connectivity index (χ1) is 10.1. The van der Waals surface area contributed by atoms with Crippen molar-refractivity contribution in [3.8, 4) is 0 Å². The van der Waals surface area contributed by atoms with Crippen molar-refractivity contribution in [1.82, 2.24) is 5.32 Å². The Labute approximate surface area is 131 Å². The molecule has 21 heavy (non-hydrogen) atoms. The zero-order valence-corrected chi connectivity index (χ0v) is 13.2. The Morgan fingerprint density at radius 2 is 1.71 bits per heavy atom. The van der Waals surface area contributed by atoms with Gasteiger partial charge in [-0.15, -0.1) is 0 Å². The second-order valence-corrected chi connectivity index (χ2v) is 5.68. The van der Waals surface area contributed by atoms with Crippen LogP contribution in [0.15, 0.2) is 48.5 Å². The number of hydrogen-bond acceptors (Lipinski definition) is 1. The number of aryl methyl sites for hydroxylation is 1. The molecule has 2 aromatic rings. The van der Waals surface area contributed by atoms with Gasteiger partial charge < -0.3 is 5.32 Å². The largest absolute Gasteiger partial charge is 0.349 e. The summed E-state index contributed by atoms with van der Waals surface area (Å²) in [6, 6.07) is 15.7. The SMILES string of the molecule is CC[C@H](NC(=O)Cc1ccc(Cl)cc1)c1ccc(C)cc1. The molecular weight excluding hydrogens is 282 g/mol. The topological polar surface area (TPSA) is 29.1 Å². The minimum atomic E-state index is 0.0322. The molecule has 0 unspecified atom stereocenters. The van der Waals surface area contributed by atoms with Crippen LogP contribution in [0.3, 0.4) is 0 Å². The summed E-state index contributed by atoms with van der Waals surface area (Å²) in [6.07, 6.45) is 1.24. The van der Waals surface area contributed by atoms with Crippen LogP contribution in [0.5, 0.6) is 0 Å². The molecule has 1 N–H and O–H groups in total. The van der Waals surface area contributed by atoms with Gasteiger partial charge in [0, 0.05) is 5.02 Å². The van der Waals surface area contributed by atoms with Gasteiger partial charge in [0.2, 0.25) is 5.91 Å². The molecule has 110 valence electrons. The molecule has 0 bridgehead atoms. The highest BCUT2D eigenvalue weighted by Gasteiger charge is 2.12. The summed E-state index contributed by atoms with van der Waals surface area (Å²) in [5.74, 6) is 0.0322. The Kier molecular flexibility index (Phi) is 5.40. The highest BCUT2D eigenvalue weighted by Crippen LogP contribution is 2.17. The number of halogens is 1. The molecule has 0 aliphatic carbocycles. The second kappa shape index (κ2) is 7.28. The summed E-state index contributed by atoms with van der Waals surface area (Å²) in [7, 11) is 0. The van der Waals surface area contributed by atoms with Gasteiger partial charge in [-0.05, 0) is 36.6 Å². The third kappa shape index (κ3) is 4.61. The molecule has 2 rings (SSSR count). The van der Waals surface area contributed by atoms with Crippen LogP contribution in [0.25, 0.3) is 0 Å². The third-order valence-corrected chi connectivity index (χ3v) is 3.75. The van der Waals surface area contributed by atoms with E-state index in [1.54, 1.807) is 12.1 Å². The maximum Gasteiger partial charge on any atom is 0.224 e. The Morgan fingerprint density at radius 1 is 1.10 bits per heavy atom. The molecule has 2 nitrogen and oxygen atoms in total. The van der Waals surface area contributed by atoms with Crippen molar-refractivity contribution < 1.29 is 4.79 Å². The van der Waals surface area contributed by atoms with Crippen molar-refractivity contribution in [1.29, 1.82) is 0 Å².